The fourth-order valence-corrected chi connectivity index (χ4v) is 10.9. The second-order valence-electron chi connectivity index (χ2n) is 11.6. The predicted molar refractivity (Wildman–Crippen MR) is 182 cm³/mol. The molecule has 6 atom stereocenters. The van der Waals surface area contributed by atoms with Gasteiger partial charge in [-0.2, -0.15) is 0 Å². The van der Waals surface area contributed by atoms with E-state index in [9.17, 15) is 19.5 Å². The Bertz CT molecular complexity index is 1380. The molecule has 7 nitrogen and oxygen atoms in total. The zero-order valence-corrected chi connectivity index (χ0v) is 27.9. The summed E-state index contributed by atoms with van der Waals surface area (Å²) in [5, 5.41) is 9.65. The van der Waals surface area contributed by atoms with Gasteiger partial charge in [0.25, 0.3) is 5.91 Å². The van der Waals surface area contributed by atoms with E-state index in [1.165, 1.54) is 0 Å². The predicted octanol–water partition coefficient (Wildman–Crippen LogP) is 6.10. The van der Waals surface area contributed by atoms with E-state index in [1.807, 2.05) is 30.3 Å². The van der Waals surface area contributed by atoms with Crippen molar-refractivity contribution in [2.24, 2.45) is 11.8 Å². The van der Waals surface area contributed by atoms with Gasteiger partial charge in [0.05, 0.1) is 16.6 Å². The summed E-state index contributed by atoms with van der Waals surface area (Å²) in [6.45, 7) is 8.91. The molecule has 2 aromatic rings. The minimum absolute atomic E-state index is 0.0324. The number of hydrogen-bond donors (Lipinski definition) is 1. The number of aliphatic hydroxyl groups excluding tert-OH is 1. The number of aliphatic hydroxyl groups is 1. The third-order valence-electron chi connectivity index (χ3n) is 8.98. The van der Waals surface area contributed by atoms with E-state index in [-0.39, 0.29) is 41.0 Å². The highest BCUT2D eigenvalue weighted by Crippen LogP contribution is 2.68. The summed E-state index contributed by atoms with van der Waals surface area (Å²) in [5.41, 5.74) is 1.43. The monoisotopic (exact) mass is 699 g/mol. The molecule has 0 radical (unpaired) electrons. The fraction of sp³-hybridized carbons (Fsp3) is 0.441. The highest BCUT2D eigenvalue weighted by Gasteiger charge is 2.76. The number of hydrogen-bond acceptors (Lipinski definition) is 5. The highest BCUT2D eigenvalue weighted by atomic mass is 79.9. The Morgan fingerprint density at radius 3 is 2.23 bits per heavy atom. The third-order valence-corrected chi connectivity index (χ3v) is 12.4. The molecule has 0 saturated carbocycles. The zero-order chi connectivity index (χ0) is 31.4. The van der Waals surface area contributed by atoms with Gasteiger partial charge in [-0.25, -0.2) is 0 Å². The Hall–Kier alpha value is -2.59. The number of carbonyl (C=O) groups is 3. The van der Waals surface area contributed by atoms with Crippen LogP contribution in [0.5, 0.6) is 0 Å². The van der Waals surface area contributed by atoms with Crippen molar-refractivity contribution in [3.63, 3.8) is 0 Å². The summed E-state index contributed by atoms with van der Waals surface area (Å²) in [4.78, 5) is 48.9. The molecule has 2 aromatic carbocycles. The van der Waals surface area contributed by atoms with Gasteiger partial charge in [-0.1, -0.05) is 70.7 Å². The van der Waals surface area contributed by atoms with E-state index in [2.05, 4.69) is 29.1 Å². The van der Waals surface area contributed by atoms with Gasteiger partial charge in [-0.15, -0.1) is 24.9 Å². The molecule has 2 bridgehead atoms. The van der Waals surface area contributed by atoms with E-state index in [0.717, 1.165) is 18.5 Å². The Morgan fingerprint density at radius 2 is 1.59 bits per heavy atom. The number of halogens is 2. The van der Waals surface area contributed by atoms with Crippen LogP contribution in [-0.2, 0) is 14.4 Å². The van der Waals surface area contributed by atoms with Crippen LogP contribution in [0.1, 0.15) is 32.1 Å². The average molecular weight is 701 g/mol. The molecule has 3 heterocycles. The maximum Gasteiger partial charge on any atom is 0.251 e. The molecule has 3 aliphatic heterocycles. The lowest BCUT2D eigenvalue weighted by Crippen LogP contribution is -2.56. The van der Waals surface area contributed by atoms with Crippen LogP contribution in [0.3, 0.4) is 0 Å². The van der Waals surface area contributed by atoms with Crippen molar-refractivity contribution in [3.8, 4) is 0 Å². The number of unbranched alkanes of at least 4 members (excludes halogenated alkanes) is 3. The molecule has 3 fully saturated rings. The molecule has 3 saturated heterocycles. The Balaban J connectivity index is 1.55. The van der Waals surface area contributed by atoms with Gasteiger partial charge in [0, 0.05) is 52.7 Å². The van der Waals surface area contributed by atoms with Gasteiger partial charge in [0.1, 0.15) is 6.04 Å². The summed E-state index contributed by atoms with van der Waals surface area (Å²) in [7, 11) is 0. The molecular weight excluding hydrogens is 662 g/mol. The topological polar surface area (TPSA) is 81.2 Å². The molecule has 0 aliphatic carbocycles. The highest BCUT2D eigenvalue weighted by molar-refractivity contribution is 9.09. The standard InChI is InChI=1S/C34H39BrClN3O4S/c1-3-18-37(24-12-8-7-9-13-24)31(41)27-28-32(42)39(20-10-5-6-11-21-40)30(34(28)22-26(35)29(27)44-34)33(43)38(19-4-2)25-16-14-23(36)15-17-25/h3-4,7-9,12-17,26-30,40H,1-2,5-6,10-11,18-22H2/t26?,27-,28+,29-,30?,34?/m1/s1. The second kappa shape index (κ2) is 14.2. The molecule has 3 aliphatic rings. The first-order valence-corrected chi connectivity index (χ1v) is 17.3. The van der Waals surface area contributed by atoms with E-state index in [4.69, 9.17) is 11.6 Å². The van der Waals surface area contributed by atoms with Crippen molar-refractivity contribution >= 4 is 68.4 Å². The van der Waals surface area contributed by atoms with Crippen LogP contribution in [0.4, 0.5) is 11.4 Å². The van der Waals surface area contributed by atoms with Crippen LogP contribution in [0.2, 0.25) is 5.02 Å². The summed E-state index contributed by atoms with van der Waals surface area (Å²) >= 11 is 11.7. The number of alkyl halides is 1. The van der Waals surface area contributed by atoms with Crippen LogP contribution in [0.25, 0.3) is 0 Å². The van der Waals surface area contributed by atoms with Crippen LogP contribution >= 0.6 is 39.3 Å². The van der Waals surface area contributed by atoms with E-state index in [0.29, 0.717) is 43.1 Å². The van der Waals surface area contributed by atoms with E-state index >= 15 is 0 Å². The van der Waals surface area contributed by atoms with Crippen molar-refractivity contribution in [1.29, 1.82) is 0 Å². The minimum atomic E-state index is -0.763. The number of rotatable bonds is 14. The fourth-order valence-electron chi connectivity index (χ4n) is 7.14. The maximum absolute atomic E-state index is 14.8. The van der Waals surface area contributed by atoms with E-state index < -0.39 is 22.6 Å². The first kappa shape index (κ1) is 32.8. The number of likely N-dealkylation sites (tertiary alicyclic amines) is 1. The van der Waals surface area contributed by atoms with Crippen LogP contribution in [0, 0.1) is 11.8 Å². The number of amides is 3. The van der Waals surface area contributed by atoms with Crippen LogP contribution in [0.15, 0.2) is 79.9 Å². The van der Waals surface area contributed by atoms with Gasteiger partial charge >= 0.3 is 0 Å². The Morgan fingerprint density at radius 1 is 0.977 bits per heavy atom. The lowest BCUT2D eigenvalue weighted by molar-refractivity contribution is -0.139. The number of para-hydroxylation sites is 1. The lowest BCUT2D eigenvalue weighted by Gasteiger charge is -2.38. The number of anilines is 2. The molecule has 234 valence electrons. The smallest absolute Gasteiger partial charge is 0.251 e. The van der Waals surface area contributed by atoms with Crippen LogP contribution in [-0.4, -0.2) is 74.8 Å². The molecule has 44 heavy (non-hydrogen) atoms. The number of benzene rings is 2. The molecule has 10 heteroatoms. The largest absolute Gasteiger partial charge is 0.396 e. The van der Waals surface area contributed by atoms with Crippen molar-refractivity contribution < 1.29 is 19.5 Å². The lowest BCUT2D eigenvalue weighted by atomic mass is 9.70. The molecule has 0 aromatic heterocycles. The average Bonchev–Trinajstić information content (AvgIpc) is 3.62. The number of fused-ring (bicyclic) bond motifs is 1. The first-order valence-electron chi connectivity index (χ1n) is 15.2. The summed E-state index contributed by atoms with van der Waals surface area (Å²) in [6, 6.07) is 15.8. The van der Waals surface area contributed by atoms with Crippen molar-refractivity contribution in [1.82, 2.24) is 4.90 Å². The summed E-state index contributed by atoms with van der Waals surface area (Å²) < 4.78 is -0.763. The zero-order valence-electron chi connectivity index (χ0n) is 24.7. The minimum Gasteiger partial charge on any atom is -0.396 e. The first-order chi connectivity index (χ1) is 21.3. The number of thioether (sulfide) groups is 1. The molecule has 3 unspecified atom stereocenters. The number of carbonyl (C=O) groups excluding carboxylic acids is 3. The Labute approximate surface area is 277 Å². The van der Waals surface area contributed by atoms with Crippen molar-refractivity contribution in [2.45, 2.75) is 53.0 Å². The van der Waals surface area contributed by atoms with Crippen LogP contribution < -0.4 is 9.80 Å². The van der Waals surface area contributed by atoms with E-state index in [1.54, 1.807) is 62.9 Å². The normalized spacial score (nSPS) is 26.8. The Kier molecular flexibility index (Phi) is 10.6. The van der Waals surface area contributed by atoms with Gasteiger partial charge in [-0.05, 0) is 55.7 Å². The second-order valence-corrected chi connectivity index (χ2v) is 14.8. The third kappa shape index (κ3) is 6.00. The molecule has 3 amide bonds. The number of nitrogens with zero attached hydrogens (tertiary/aromatic N) is 3. The van der Waals surface area contributed by atoms with Crippen molar-refractivity contribution in [2.75, 3.05) is 36.0 Å². The van der Waals surface area contributed by atoms with Gasteiger partial charge in [-0.3, -0.25) is 14.4 Å². The molecule has 1 spiro atoms. The SMILES string of the molecule is C=CCN(C(=O)C1N(CCCCCCO)C(=O)[C@@H]2[C@@H](C(=O)N(CC=C)c3ccccc3)[C@@H]3SC12CC3Br)c1ccc(Cl)cc1. The van der Waals surface area contributed by atoms with Gasteiger partial charge < -0.3 is 19.8 Å². The van der Waals surface area contributed by atoms with Crippen molar-refractivity contribution in [3.05, 3.63) is 84.9 Å². The van der Waals surface area contributed by atoms with Gasteiger partial charge in [0.15, 0.2) is 0 Å². The quantitative estimate of drug-likeness (QED) is 0.147. The summed E-state index contributed by atoms with van der Waals surface area (Å²) in [5.74, 6) is -1.64. The molecule has 1 N–H and O–H groups in total. The molecule has 5 rings (SSSR count). The molecular formula is C34H39BrClN3O4S. The summed E-state index contributed by atoms with van der Waals surface area (Å²) in [6.07, 6.45) is 7.07. The van der Waals surface area contributed by atoms with Gasteiger partial charge in [0.2, 0.25) is 11.8 Å². The maximum atomic E-state index is 14.8.